The Bertz CT molecular complexity index is 1550. The maximum absolute atomic E-state index is 11.1. The van der Waals surface area contributed by atoms with E-state index in [1.165, 1.54) is 49.6 Å². The summed E-state index contributed by atoms with van der Waals surface area (Å²) in [7, 11) is 0. The summed E-state index contributed by atoms with van der Waals surface area (Å²) in [5, 5.41) is 42.2. The Balaban J connectivity index is 1.33. The molecule has 4 saturated carbocycles. The Hall–Kier alpha value is -4.78. The summed E-state index contributed by atoms with van der Waals surface area (Å²) in [5.41, 5.74) is -0.357. The van der Waals surface area contributed by atoms with Gasteiger partial charge in [-0.2, -0.15) is 0 Å². The van der Waals surface area contributed by atoms with E-state index < -0.39 is 32.7 Å². The van der Waals surface area contributed by atoms with Gasteiger partial charge in [0.1, 0.15) is 23.0 Å². The maximum atomic E-state index is 11.1. The second kappa shape index (κ2) is 9.75. The third-order valence-corrected chi connectivity index (χ3v) is 8.20. The average molecular weight is 543 g/mol. The van der Waals surface area contributed by atoms with E-state index in [9.17, 15) is 30.4 Å². The molecule has 0 amide bonds. The van der Waals surface area contributed by atoms with Gasteiger partial charge >= 0.3 is 11.4 Å². The Morgan fingerprint density at radius 1 is 0.725 bits per heavy atom. The summed E-state index contributed by atoms with van der Waals surface area (Å²) < 4.78 is 11.9. The molecule has 0 atom stereocenters. The number of hydrogen-bond donors (Lipinski definition) is 2. The van der Waals surface area contributed by atoms with Crippen molar-refractivity contribution in [2.24, 2.45) is 23.2 Å². The summed E-state index contributed by atoms with van der Waals surface area (Å²) in [6.07, 6.45) is 7.17. The molecule has 4 fully saturated rings. The molecule has 0 heterocycles. The van der Waals surface area contributed by atoms with E-state index in [2.05, 4.69) is 11.8 Å². The highest BCUT2D eigenvalue weighted by molar-refractivity contribution is 5.56. The van der Waals surface area contributed by atoms with Crippen LogP contribution >= 0.6 is 0 Å². The highest BCUT2D eigenvalue weighted by Gasteiger charge is 2.50. The van der Waals surface area contributed by atoms with E-state index in [-0.39, 0.29) is 16.9 Å². The minimum atomic E-state index is -0.681. The number of rotatable bonds is 6. The molecule has 3 aromatic rings. The van der Waals surface area contributed by atoms with Crippen molar-refractivity contribution >= 4 is 11.4 Å². The first kappa shape index (κ1) is 25.5. The van der Waals surface area contributed by atoms with Crippen molar-refractivity contribution in [2.75, 3.05) is 0 Å². The second-order valence-corrected chi connectivity index (χ2v) is 11.1. The van der Waals surface area contributed by atoms with Crippen molar-refractivity contribution in [3.63, 3.8) is 0 Å². The van der Waals surface area contributed by atoms with Crippen molar-refractivity contribution < 1.29 is 29.5 Å². The van der Waals surface area contributed by atoms with Gasteiger partial charge in [-0.15, -0.1) is 0 Å². The Morgan fingerprint density at radius 3 is 1.70 bits per heavy atom. The highest BCUT2D eigenvalue weighted by atomic mass is 16.6. The number of nitro benzene ring substituents is 2. The molecule has 0 aliphatic heterocycles. The van der Waals surface area contributed by atoms with Crippen LogP contribution in [0.3, 0.4) is 0 Å². The quantitative estimate of drug-likeness (QED) is 0.191. The van der Waals surface area contributed by atoms with Crippen LogP contribution in [0.2, 0.25) is 0 Å². The smallest absolute Gasteiger partial charge is 0.310 e. The highest BCUT2D eigenvalue weighted by Crippen LogP contribution is 2.59. The number of phenols is 2. The van der Waals surface area contributed by atoms with Crippen LogP contribution in [0.15, 0.2) is 54.6 Å². The van der Waals surface area contributed by atoms with E-state index in [1.807, 2.05) is 0 Å². The minimum Gasteiger partial charge on any atom is -0.502 e. The molecule has 0 radical (unpaired) electrons. The van der Waals surface area contributed by atoms with Crippen molar-refractivity contribution in [3.05, 3.63) is 80.4 Å². The van der Waals surface area contributed by atoms with Crippen molar-refractivity contribution in [1.82, 2.24) is 0 Å². The first-order valence-electron chi connectivity index (χ1n) is 13.1. The van der Waals surface area contributed by atoms with Crippen LogP contribution in [-0.2, 0) is 0 Å². The van der Waals surface area contributed by atoms with Crippen molar-refractivity contribution in [3.8, 4) is 46.3 Å². The van der Waals surface area contributed by atoms with E-state index in [0.29, 0.717) is 17.1 Å². The van der Waals surface area contributed by atoms with Gasteiger partial charge in [-0.1, -0.05) is 11.8 Å². The number of aromatic hydroxyl groups is 2. The largest absolute Gasteiger partial charge is 0.502 e. The third-order valence-electron chi connectivity index (χ3n) is 8.20. The molecule has 0 saturated heterocycles. The molecular formula is C30H26N2O8. The van der Waals surface area contributed by atoms with Crippen LogP contribution in [0.1, 0.15) is 44.1 Å². The lowest BCUT2D eigenvalue weighted by molar-refractivity contribution is -0.386. The summed E-state index contributed by atoms with van der Waals surface area (Å²) in [6, 6.07) is 12.4. The number of nitro groups is 2. The molecule has 204 valence electrons. The zero-order valence-corrected chi connectivity index (χ0v) is 21.4. The van der Waals surface area contributed by atoms with Gasteiger partial charge in [-0.05, 0) is 80.5 Å². The van der Waals surface area contributed by atoms with E-state index >= 15 is 0 Å². The monoisotopic (exact) mass is 542 g/mol. The molecule has 3 aromatic carbocycles. The fraction of sp³-hybridized carbons (Fsp3) is 0.333. The number of benzene rings is 3. The molecular weight excluding hydrogens is 516 g/mol. The summed E-state index contributed by atoms with van der Waals surface area (Å²) in [6.45, 7) is 0. The van der Waals surface area contributed by atoms with Crippen LogP contribution in [-0.4, -0.2) is 20.1 Å². The zero-order valence-electron chi connectivity index (χ0n) is 21.4. The third kappa shape index (κ3) is 4.98. The zero-order chi connectivity index (χ0) is 28.0. The van der Waals surface area contributed by atoms with Gasteiger partial charge in [0.2, 0.25) is 0 Å². The molecule has 0 aromatic heterocycles. The Labute approximate surface area is 229 Å². The first-order valence-corrected chi connectivity index (χ1v) is 13.1. The summed E-state index contributed by atoms with van der Waals surface area (Å²) in [4.78, 5) is 20.7. The lowest BCUT2D eigenvalue weighted by atomic mass is 9.50. The van der Waals surface area contributed by atoms with Gasteiger partial charge in [0.15, 0.2) is 11.5 Å². The first-order chi connectivity index (χ1) is 19.2. The van der Waals surface area contributed by atoms with E-state index in [4.69, 9.17) is 9.47 Å². The van der Waals surface area contributed by atoms with E-state index in [0.717, 1.165) is 43.1 Å². The average Bonchev–Trinajstić information content (AvgIpc) is 2.87. The number of hydrogen-bond acceptors (Lipinski definition) is 8. The molecule has 7 rings (SSSR count). The Morgan fingerprint density at radius 2 is 1.20 bits per heavy atom. The molecule has 4 bridgehead atoms. The number of ether oxygens (including phenoxy) is 2. The van der Waals surface area contributed by atoms with Crippen LogP contribution < -0.4 is 9.47 Å². The Kier molecular flexibility index (Phi) is 6.22. The summed E-state index contributed by atoms with van der Waals surface area (Å²) in [5.74, 6) is 9.24. The molecule has 4 aliphatic carbocycles. The van der Waals surface area contributed by atoms with Gasteiger partial charge in [0, 0.05) is 35.7 Å². The second-order valence-electron chi connectivity index (χ2n) is 11.1. The van der Waals surface area contributed by atoms with Crippen LogP contribution in [0.4, 0.5) is 11.4 Å². The standard InChI is InChI=1S/C30H26N2O8/c33-27-13-23(1-4-25(27)31(35)36)39-22-3-6-29(40-24-2-5-26(32(37)38)28(34)14-24)21(12-22)7-8-30-15-18-9-19(16-30)11-20(10-18)17-30/h1-6,12-14,18-20,33-34H,9-11,15-17H2. The van der Waals surface area contributed by atoms with E-state index in [1.54, 1.807) is 18.2 Å². The van der Waals surface area contributed by atoms with Gasteiger partial charge in [-0.25, -0.2) is 0 Å². The molecule has 40 heavy (non-hydrogen) atoms. The molecule has 10 heteroatoms. The molecule has 0 unspecified atom stereocenters. The normalized spacial score (nSPS) is 24.1. The van der Waals surface area contributed by atoms with Gasteiger partial charge in [-0.3, -0.25) is 20.2 Å². The molecule has 2 N–H and O–H groups in total. The van der Waals surface area contributed by atoms with Crippen molar-refractivity contribution in [1.29, 1.82) is 0 Å². The maximum Gasteiger partial charge on any atom is 0.310 e. The number of nitrogens with zero attached hydrogens (tertiary/aromatic N) is 2. The van der Waals surface area contributed by atoms with Gasteiger partial charge < -0.3 is 19.7 Å². The van der Waals surface area contributed by atoms with Gasteiger partial charge in [0.05, 0.1) is 15.4 Å². The lowest BCUT2D eigenvalue weighted by Crippen LogP contribution is -2.45. The van der Waals surface area contributed by atoms with Crippen LogP contribution in [0, 0.1) is 55.2 Å². The SMILES string of the molecule is O=[N+]([O-])c1ccc(Oc2ccc(Oc3ccc([N+](=O)[O-])c(O)c3)c(C#CC34CC5CC(CC(C5)C3)C4)c2)cc1O. The number of phenolic OH excluding ortho intramolecular Hbond substituents is 2. The predicted octanol–water partition coefficient (Wildman–Crippen LogP) is 7.07. The molecule has 4 aliphatic rings. The molecule has 10 nitrogen and oxygen atoms in total. The van der Waals surface area contributed by atoms with Gasteiger partial charge in [0.25, 0.3) is 0 Å². The van der Waals surface area contributed by atoms with Crippen LogP contribution in [0.5, 0.6) is 34.5 Å². The topological polar surface area (TPSA) is 145 Å². The molecule has 0 spiro atoms. The summed E-state index contributed by atoms with van der Waals surface area (Å²) >= 11 is 0. The lowest BCUT2D eigenvalue weighted by Gasteiger charge is -2.54. The fourth-order valence-corrected chi connectivity index (χ4v) is 6.93. The van der Waals surface area contributed by atoms with Crippen LogP contribution in [0.25, 0.3) is 0 Å². The van der Waals surface area contributed by atoms with Crippen molar-refractivity contribution in [2.45, 2.75) is 38.5 Å². The minimum absolute atomic E-state index is 0.0291. The fourth-order valence-electron chi connectivity index (χ4n) is 6.93. The predicted molar refractivity (Wildman–Crippen MR) is 144 cm³/mol.